The molecule has 304 valence electrons. The number of cyclic esters (lactones) is 1. The number of esters is 1. The van der Waals surface area contributed by atoms with Crippen LogP contribution in [0.25, 0.3) is 6.08 Å². The van der Waals surface area contributed by atoms with Gasteiger partial charge >= 0.3 is 12.1 Å². The SMILES string of the molecule is COCOc1cc(N(CCOS(C)(=O)=O)C(=O)OC(C)(C)C)cc2c1C(=O)O[C@@H](C)[C@H](C)/C=C\[C@@H](OCc1ccc(OC)cc1)[C@H]1OC(C)(C)O[C@H]1CC=C2. The quantitative estimate of drug-likeness (QED) is 0.0976. The van der Waals surface area contributed by atoms with Crippen molar-refractivity contribution in [3.8, 4) is 11.5 Å². The van der Waals surface area contributed by atoms with E-state index in [0.29, 0.717) is 18.6 Å². The Morgan fingerprint density at radius 3 is 2.38 bits per heavy atom. The van der Waals surface area contributed by atoms with Gasteiger partial charge in [0.1, 0.15) is 41.0 Å². The van der Waals surface area contributed by atoms with Crippen LogP contribution in [0.1, 0.15) is 76.4 Å². The number of methoxy groups -OCH3 is 2. The summed E-state index contributed by atoms with van der Waals surface area (Å²) in [6.45, 7) is 12.0. The summed E-state index contributed by atoms with van der Waals surface area (Å²) in [4.78, 5) is 28.9. The molecular formula is C40H55NO13S. The second-order valence-corrected chi connectivity index (χ2v) is 16.5. The highest BCUT2D eigenvalue weighted by Gasteiger charge is 2.44. The number of ether oxygens (including phenoxy) is 8. The van der Waals surface area contributed by atoms with E-state index in [1.807, 2.05) is 63.3 Å². The Kier molecular flexibility index (Phi) is 14.9. The summed E-state index contributed by atoms with van der Waals surface area (Å²) in [5, 5.41) is 0. The summed E-state index contributed by atoms with van der Waals surface area (Å²) in [7, 11) is -0.769. The lowest BCUT2D eigenvalue weighted by Gasteiger charge is -2.28. The first-order chi connectivity index (χ1) is 25.8. The highest BCUT2D eigenvalue weighted by molar-refractivity contribution is 7.85. The number of carbonyl (C=O) groups excluding carboxylic acids is 2. The molecule has 2 aromatic rings. The van der Waals surface area contributed by atoms with Crippen molar-refractivity contribution in [3.05, 3.63) is 71.3 Å². The molecular weight excluding hydrogens is 735 g/mol. The largest absolute Gasteiger partial charge is 0.497 e. The summed E-state index contributed by atoms with van der Waals surface area (Å²) in [5.41, 5.74) is 0.743. The van der Waals surface area contributed by atoms with Gasteiger partial charge in [-0.15, -0.1) is 0 Å². The van der Waals surface area contributed by atoms with Gasteiger partial charge in [0, 0.05) is 19.1 Å². The minimum absolute atomic E-state index is 0.0653. The molecule has 0 saturated carbocycles. The van der Waals surface area contributed by atoms with Crippen LogP contribution in [0, 0.1) is 5.92 Å². The van der Waals surface area contributed by atoms with E-state index in [-0.39, 0.29) is 42.9 Å². The number of benzene rings is 2. The van der Waals surface area contributed by atoms with Gasteiger partial charge in [-0.1, -0.05) is 43.4 Å². The minimum Gasteiger partial charge on any atom is -0.497 e. The topological polar surface area (TPSA) is 155 Å². The molecule has 0 spiro atoms. The maximum atomic E-state index is 14.1. The first-order valence-electron chi connectivity index (χ1n) is 18.1. The van der Waals surface area contributed by atoms with E-state index in [0.717, 1.165) is 17.6 Å². The van der Waals surface area contributed by atoms with Gasteiger partial charge in [0.05, 0.1) is 44.9 Å². The maximum Gasteiger partial charge on any atom is 0.414 e. The van der Waals surface area contributed by atoms with Gasteiger partial charge in [-0.05, 0) is 77.3 Å². The van der Waals surface area contributed by atoms with Gasteiger partial charge in [0.15, 0.2) is 12.6 Å². The van der Waals surface area contributed by atoms with Gasteiger partial charge in [-0.25, -0.2) is 9.59 Å². The third-order valence-electron chi connectivity index (χ3n) is 8.64. The Hall–Kier alpha value is -3.99. The molecule has 0 bridgehead atoms. The van der Waals surface area contributed by atoms with Crippen molar-refractivity contribution < 1.29 is 60.1 Å². The lowest BCUT2D eigenvalue weighted by Crippen LogP contribution is -2.39. The van der Waals surface area contributed by atoms with Crippen molar-refractivity contribution in [1.82, 2.24) is 0 Å². The Labute approximate surface area is 324 Å². The van der Waals surface area contributed by atoms with Gasteiger partial charge in [-0.3, -0.25) is 9.08 Å². The zero-order valence-electron chi connectivity index (χ0n) is 33.4. The smallest absolute Gasteiger partial charge is 0.414 e. The molecule has 2 aliphatic heterocycles. The van der Waals surface area contributed by atoms with Crippen LogP contribution in [0.3, 0.4) is 0 Å². The zero-order valence-corrected chi connectivity index (χ0v) is 34.2. The van der Waals surface area contributed by atoms with Gasteiger partial charge in [0.25, 0.3) is 10.1 Å². The zero-order chi connectivity index (χ0) is 40.6. The fourth-order valence-electron chi connectivity index (χ4n) is 5.89. The summed E-state index contributed by atoms with van der Waals surface area (Å²) in [6.07, 6.45) is 5.83. The fraction of sp³-hybridized carbons (Fsp3) is 0.550. The van der Waals surface area contributed by atoms with Crippen LogP contribution >= 0.6 is 0 Å². The van der Waals surface area contributed by atoms with Crippen molar-refractivity contribution in [2.75, 3.05) is 45.3 Å². The molecule has 2 aromatic carbocycles. The predicted octanol–water partition coefficient (Wildman–Crippen LogP) is 6.66. The number of rotatable bonds is 12. The van der Waals surface area contributed by atoms with Crippen LogP contribution in [-0.2, 0) is 49.3 Å². The molecule has 5 atom stereocenters. The first-order valence-corrected chi connectivity index (χ1v) is 19.9. The van der Waals surface area contributed by atoms with Crippen LogP contribution in [0.15, 0.2) is 54.6 Å². The maximum absolute atomic E-state index is 14.1. The Bertz CT molecular complexity index is 1780. The second-order valence-electron chi connectivity index (χ2n) is 14.9. The molecule has 55 heavy (non-hydrogen) atoms. The molecule has 0 unspecified atom stereocenters. The fourth-order valence-corrected chi connectivity index (χ4v) is 6.27. The third-order valence-corrected chi connectivity index (χ3v) is 9.24. The van der Waals surface area contributed by atoms with Crippen molar-refractivity contribution in [2.45, 2.75) is 97.3 Å². The van der Waals surface area contributed by atoms with Crippen LogP contribution in [0.5, 0.6) is 11.5 Å². The van der Waals surface area contributed by atoms with Gasteiger partial charge in [-0.2, -0.15) is 8.42 Å². The standard InChI is InChI=1S/C40H55NO13S/c1-26-14-19-32(48-24-28-15-17-31(47-9)18-16-28)36-33(52-40(6,7)53-36)13-11-12-29-22-30(23-34(49-25-46-8)35(29)37(42)51-27(26)2)41(20-21-50-55(10,44)45)38(43)54-39(3,4)5/h11-12,14-19,22-23,26-27,32-33,36H,13,20-21,24-25H2,1-10H3/b12-11?,19-14-/t26-,27+,32-,33+,36-/m1/s1. The van der Waals surface area contributed by atoms with E-state index in [4.69, 9.17) is 42.1 Å². The molecule has 1 saturated heterocycles. The third kappa shape index (κ3) is 13.0. The van der Waals surface area contributed by atoms with Crippen LogP contribution in [0.4, 0.5) is 10.5 Å². The second kappa shape index (κ2) is 18.8. The highest BCUT2D eigenvalue weighted by atomic mass is 32.2. The van der Waals surface area contributed by atoms with Crippen molar-refractivity contribution >= 4 is 33.9 Å². The molecule has 1 amide bonds. The lowest BCUT2D eigenvalue weighted by atomic mass is 9.98. The highest BCUT2D eigenvalue weighted by Crippen LogP contribution is 2.36. The first kappa shape index (κ1) is 43.7. The number of hydrogen-bond donors (Lipinski definition) is 0. The van der Waals surface area contributed by atoms with Crippen molar-refractivity contribution in [1.29, 1.82) is 0 Å². The molecule has 4 rings (SSSR count). The molecule has 1 fully saturated rings. The van der Waals surface area contributed by atoms with E-state index in [1.54, 1.807) is 46.9 Å². The molecule has 14 nitrogen and oxygen atoms in total. The summed E-state index contributed by atoms with van der Waals surface area (Å²) in [6, 6.07) is 10.7. The minimum atomic E-state index is -3.82. The Balaban J connectivity index is 1.79. The number of amides is 1. The van der Waals surface area contributed by atoms with Crippen LogP contribution in [0.2, 0.25) is 0 Å². The molecule has 0 aromatic heterocycles. The molecule has 2 heterocycles. The Morgan fingerprint density at radius 2 is 1.75 bits per heavy atom. The average Bonchev–Trinajstić information content (AvgIpc) is 3.40. The lowest BCUT2D eigenvalue weighted by molar-refractivity contribution is -0.156. The number of fused-ring (bicyclic) bond motifs is 2. The van der Waals surface area contributed by atoms with E-state index >= 15 is 0 Å². The molecule has 15 heteroatoms. The summed E-state index contributed by atoms with van der Waals surface area (Å²) >= 11 is 0. The molecule has 2 aliphatic rings. The van der Waals surface area contributed by atoms with Crippen molar-refractivity contribution in [3.63, 3.8) is 0 Å². The predicted molar refractivity (Wildman–Crippen MR) is 206 cm³/mol. The average molecular weight is 790 g/mol. The number of nitrogens with zero attached hydrogens (tertiary/aromatic N) is 1. The monoisotopic (exact) mass is 789 g/mol. The number of hydrogen-bond acceptors (Lipinski definition) is 13. The van der Waals surface area contributed by atoms with E-state index in [1.165, 1.54) is 18.1 Å². The Morgan fingerprint density at radius 1 is 1.04 bits per heavy atom. The van der Waals surface area contributed by atoms with Crippen LogP contribution < -0.4 is 14.4 Å². The van der Waals surface area contributed by atoms with E-state index < -0.39 is 58.0 Å². The van der Waals surface area contributed by atoms with Gasteiger partial charge < -0.3 is 37.9 Å². The van der Waals surface area contributed by atoms with E-state index in [9.17, 15) is 18.0 Å². The summed E-state index contributed by atoms with van der Waals surface area (Å²) < 4.78 is 76.0. The molecule has 0 radical (unpaired) electrons. The number of anilines is 1. The number of carbonyl (C=O) groups is 2. The molecule has 0 N–H and O–H groups in total. The van der Waals surface area contributed by atoms with E-state index in [2.05, 4.69) is 0 Å². The normalized spacial score (nSPS) is 23.5. The van der Waals surface area contributed by atoms with Crippen molar-refractivity contribution in [2.24, 2.45) is 5.92 Å². The molecule has 0 aliphatic carbocycles. The van der Waals surface area contributed by atoms with Gasteiger partial charge in [0.2, 0.25) is 0 Å². The summed E-state index contributed by atoms with van der Waals surface area (Å²) in [5.74, 6) is -1.04. The van der Waals surface area contributed by atoms with Crippen LogP contribution in [-0.4, -0.2) is 96.7 Å².